The van der Waals surface area contributed by atoms with Crippen LogP contribution < -0.4 is 0 Å². The SMILES string of the molecule is C=CC[N+](C)(C)CCOP(=O)(O)O. The van der Waals surface area contributed by atoms with Crippen molar-refractivity contribution in [3.05, 3.63) is 12.7 Å². The Balaban J connectivity index is 3.75. The summed E-state index contributed by atoms with van der Waals surface area (Å²) in [4.78, 5) is 16.8. The molecule has 0 fully saturated rings. The molecule has 0 heterocycles. The van der Waals surface area contributed by atoms with Gasteiger partial charge in [-0.25, -0.2) is 4.57 Å². The van der Waals surface area contributed by atoms with Crippen molar-refractivity contribution in [2.75, 3.05) is 33.8 Å². The maximum atomic E-state index is 10.3. The molecule has 0 bridgehead atoms. The van der Waals surface area contributed by atoms with Gasteiger partial charge in [0.2, 0.25) is 0 Å². The first-order chi connectivity index (χ1) is 5.77. The van der Waals surface area contributed by atoms with E-state index in [1.807, 2.05) is 14.1 Å². The normalized spacial score (nSPS) is 12.9. The zero-order chi connectivity index (χ0) is 10.5. The molecule has 2 N–H and O–H groups in total. The minimum absolute atomic E-state index is 0.0467. The fourth-order valence-electron chi connectivity index (χ4n) is 0.848. The number of quaternary nitrogens is 1. The molecular formula is C7H17NO4P+. The van der Waals surface area contributed by atoms with E-state index in [9.17, 15) is 4.57 Å². The molecule has 0 aromatic rings. The second-order valence-corrected chi connectivity index (χ2v) is 4.69. The van der Waals surface area contributed by atoms with Gasteiger partial charge in [-0.05, 0) is 6.08 Å². The second-order valence-electron chi connectivity index (χ2n) is 3.45. The molecule has 0 aliphatic heterocycles. The van der Waals surface area contributed by atoms with Crippen molar-refractivity contribution in [2.24, 2.45) is 0 Å². The molecule has 13 heavy (non-hydrogen) atoms. The largest absolute Gasteiger partial charge is 0.469 e. The van der Waals surface area contributed by atoms with Gasteiger partial charge in [0.1, 0.15) is 13.2 Å². The lowest BCUT2D eigenvalue weighted by Crippen LogP contribution is -2.42. The molecule has 0 atom stereocenters. The highest BCUT2D eigenvalue weighted by molar-refractivity contribution is 7.46. The number of hydrogen-bond donors (Lipinski definition) is 2. The van der Waals surface area contributed by atoms with Crippen LogP contribution in [0.25, 0.3) is 0 Å². The lowest BCUT2D eigenvalue weighted by molar-refractivity contribution is -0.884. The summed E-state index contributed by atoms with van der Waals surface area (Å²) in [5.41, 5.74) is 0. The average Bonchev–Trinajstić information content (AvgIpc) is 1.82. The Hall–Kier alpha value is -0.190. The van der Waals surface area contributed by atoms with Crippen LogP contribution in [0.3, 0.4) is 0 Å². The summed E-state index contributed by atoms with van der Waals surface area (Å²) in [6, 6.07) is 0. The molecule has 0 radical (unpaired) electrons. The summed E-state index contributed by atoms with van der Waals surface area (Å²) in [5.74, 6) is 0. The van der Waals surface area contributed by atoms with Crippen molar-refractivity contribution >= 4 is 7.82 Å². The van der Waals surface area contributed by atoms with E-state index < -0.39 is 7.82 Å². The third-order valence-corrected chi connectivity index (χ3v) is 2.10. The second kappa shape index (κ2) is 4.88. The summed E-state index contributed by atoms with van der Waals surface area (Å²) in [6.45, 7) is 4.92. The Bertz CT molecular complexity index is 211. The zero-order valence-corrected chi connectivity index (χ0v) is 8.91. The van der Waals surface area contributed by atoms with E-state index in [4.69, 9.17) is 9.79 Å². The van der Waals surface area contributed by atoms with Gasteiger partial charge in [-0.2, -0.15) is 0 Å². The topological polar surface area (TPSA) is 66.8 Å². The monoisotopic (exact) mass is 210 g/mol. The highest BCUT2D eigenvalue weighted by atomic mass is 31.2. The van der Waals surface area contributed by atoms with E-state index in [0.29, 0.717) is 11.0 Å². The number of likely N-dealkylation sites (N-methyl/N-ethyl adjacent to an activating group) is 1. The molecule has 0 rings (SSSR count). The lowest BCUT2D eigenvalue weighted by Gasteiger charge is -2.27. The molecule has 6 heteroatoms. The Kier molecular flexibility index (Phi) is 4.81. The Labute approximate surface area is 78.5 Å². The van der Waals surface area contributed by atoms with Crippen molar-refractivity contribution in [2.45, 2.75) is 0 Å². The van der Waals surface area contributed by atoms with Gasteiger partial charge >= 0.3 is 7.82 Å². The first-order valence-corrected chi connectivity index (χ1v) is 5.43. The maximum Gasteiger partial charge on any atom is 0.469 e. The molecule has 78 valence electrons. The van der Waals surface area contributed by atoms with Gasteiger partial charge < -0.3 is 14.3 Å². The van der Waals surface area contributed by atoms with Crippen LogP contribution in [0.1, 0.15) is 0 Å². The van der Waals surface area contributed by atoms with Crippen molar-refractivity contribution in [1.82, 2.24) is 0 Å². The average molecular weight is 210 g/mol. The van der Waals surface area contributed by atoms with Crippen LogP contribution in [-0.4, -0.2) is 48.1 Å². The van der Waals surface area contributed by atoms with Gasteiger partial charge in [-0.1, -0.05) is 6.58 Å². The van der Waals surface area contributed by atoms with Crippen molar-refractivity contribution in [3.8, 4) is 0 Å². The first kappa shape index (κ1) is 12.8. The maximum absolute atomic E-state index is 10.3. The number of hydrogen-bond acceptors (Lipinski definition) is 2. The van der Waals surface area contributed by atoms with Crippen molar-refractivity contribution in [1.29, 1.82) is 0 Å². The van der Waals surface area contributed by atoms with Gasteiger partial charge in [0, 0.05) is 0 Å². The summed E-state index contributed by atoms with van der Waals surface area (Å²) >= 11 is 0. The molecule has 0 aliphatic rings. The van der Waals surface area contributed by atoms with Crippen LogP contribution in [0.4, 0.5) is 0 Å². The summed E-state index contributed by atoms with van der Waals surface area (Å²) in [7, 11) is -0.436. The molecule has 0 unspecified atom stereocenters. The first-order valence-electron chi connectivity index (χ1n) is 3.90. The summed E-state index contributed by atoms with van der Waals surface area (Å²) in [6.07, 6.45) is 1.76. The summed E-state index contributed by atoms with van der Waals surface area (Å²) < 4.78 is 15.2. The van der Waals surface area contributed by atoms with E-state index in [2.05, 4.69) is 11.1 Å². The smallest absolute Gasteiger partial charge is 0.323 e. The number of phosphoric ester groups is 1. The molecule has 0 amide bonds. The van der Waals surface area contributed by atoms with Crippen LogP contribution in [0, 0.1) is 0 Å². The predicted octanol–water partition coefficient (Wildman–Crippen LogP) is 0.358. The van der Waals surface area contributed by atoms with Crippen LogP contribution in [-0.2, 0) is 9.09 Å². The predicted molar refractivity (Wildman–Crippen MR) is 50.0 cm³/mol. The lowest BCUT2D eigenvalue weighted by atomic mass is 10.4. The van der Waals surface area contributed by atoms with E-state index in [1.54, 1.807) is 6.08 Å². The van der Waals surface area contributed by atoms with E-state index >= 15 is 0 Å². The Morgan fingerprint density at radius 3 is 2.46 bits per heavy atom. The van der Waals surface area contributed by atoms with Crippen molar-refractivity contribution in [3.63, 3.8) is 0 Å². The van der Waals surface area contributed by atoms with Crippen molar-refractivity contribution < 1.29 is 23.4 Å². The van der Waals surface area contributed by atoms with E-state index in [0.717, 1.165) is 6.54 Å². The van der Waals surface area contributed by atoms with E-state index in [1.165, 1.54) is 0 Å². The third kappa shape index (κ3) is 8.15. The van der Waals surface area contributed by atoms with E-state index in [-0.39, 0.29) is 6.61 Å². The minimum Gasteiger partial charge on any atom is -0.323 e. The minimum atomic E-state index is -4.31. The molecule has 5 nitrogen and oxygen atoms in total. The van der Waals surface area contributed by atoms with Gasteiger partial charge in [0.05, 0.1) is 20.6 Å². The molecule has 0 aliphatic carbocycles. The molecule has 0 aromatic heterocycles. The number of phosphoric acid groups is 1. The molecule has 0 saturated heterocycles. The molecule has 0 aromatic carbocycles. The molecule has 0 saturated carbocycles. The van der Waals surface area contributed by atoms with Crippen LogP contribution in [0.15, 0.2) is 12.7 Å². The van der Waals surface area contributed by atoms with Gasteiger partial charge in [0.25, 0.3) is 0 Å². The van der Waals surface area contributed by atoms with Gasteiger partial charge in [0.15, 0.2) is 0 Å². The van der Waals surface area contributed by atoms with Crippen LogP contribution in [0.5, 0.6) is 0 Å². The van der Waals surface area contributed by atoms with Crippen LogP contribution in [0.2, 0.25) is 0 Å². The molecular weight excluding hydrogens is 193 g/mol. The van der Waals surface area contributed by atoms with Gasteiger partial charge in [-0.3, -0.25) is 4.52 Å². The number of nitrogens with zero attached hydrogens (tertiary/aromatic N) is 1. The zero-order valence-electron chi connectivity index (χ0n) is 8.01. The Morgan fingerprint density at radius 1 is 1.54 bits per heavy atom. The quantitative estimate of drug-likeness (QED) is 0.377. The number of rotatable bonds is 6. The highest BCUT2D eigenvalue weighted by Gasteiger charge is 2.18. The van der Waals surface area contributed by atoms with Gasteiger partial charge in [-0.15, -0.1) is 0 Å². The Morgan fingerprint density at radius 2 is 2.08 bits per heavy atom. The van der Waals surface area contributed by atoms with Crippen LogP contribution >= 0.6 is 7.82 Å². The fraction of sp³-hybridized carbons (Fsp3) is 0.714. The standard InChI is InChI=1S/C7H16NO4P/c1-4-5-8(2,3)6-7-12-13(9,10)11/h4H,1,5-7H2,2-3H3,(H-,9,10,11)/p+1. The highest BCUT2D eigenvalue weighted by Crippen LogP contribution is 2.35. The fourth-order valence-corrected chi connectivity index (χ4v) is 1.17. The summed E-state index contributed by atoms with van der Waals surface area (Å²) in [5, 5.41) is 0. The third-order valence-electron chi connectivity index (χ3n) is 1.58. The molecule has 0 spiro atoms.